The maximum Gasteiger partial charge on any atom is 0.422 e. The van der Waals surface area contributed by atoms with E-state index in [1.54, 1.807) is 18.6 Å². The predicted octanol–water partition coefficient (Wildman–Crippen LogP) is -0.395. The Morgan fingerprint density at radius 2 is 2.11 bits per heavy atom. The van der Waals surface area contributed by atoms with Gasteiger partial charge in [0.25, 0.3) is 0 Å². The Morgan fingerprint density at radius 1 is 1.44 bits per heavy atom. The van der Waals surface area contributed by atoms with Crippen molar-refractivity contribution in [3.8, 4) is 6.01 Å². The van der Waals surface area contributed by atoms with Crippen LogP contribution in [0.5, 0.6) is 6.01 Å². The van der Waals surface area contributed by atoms with Gasteiger partial charge in [0, 0.05) is 0 Å². The van der Waals surface area contributed by atoms with Crippen LogP contribution in [0.4, 0.5) is 10.7 Å². The number of hydrogen-bond donors (Lipinski definition) is 3. The van der Waals surface area contributed by atoms with Crippen molar-refractivity contribution in [3.63, 3.8) is 0 Å². The van der Waals surface area contributed by atoms with Crippen LogP contribution in [0.25, 0.3) is 0 Å². The fourth-order valence-electron chi connectivity index (χ4n) is 0.884. The Kier molecular flexibility index (Phi) is 4.31. The van der Waals surface area contributed by atoms with Gasteiger partial charge >= 0.3 is 22.3 Å². The van der Waals surface area contributed by atoms with E-state index in [1.807, 2.05) is 4.72 Å². The molecule has 1 amide bonds. The summed E-state index contributed by atoms with van der Waals surface area (Å²) in [4.78, 5) is 14.7. The number of nitrogens with one attached hydrogen (secondary N) is 3. The summed E-state index contributed by atoms with van der Waals surface area (Å²) in [6.07, 6.45) is -1.53. The molecule has 0 bridgehead atoms. The largest absolute Gasteiger partial charge is 0.466 e. The Bertz CT molecular complexity index is 510. The third-order valence-corrected chi connectivity index (χ3v) is 2.34. The van der Waals surface area contributed by atoms with E-state index < -0.39 is 22.4 Å². The zero-order chi connectivity index (χ0) is 13.8. The number of anilines is 1. The minimum Gasteiger partial charge on any atom is -0.466 e. The zero-order valence-electron chi connectivity index (χ0n) is 9.92. The molecule has 1 heterocycles. The Balaban J connectivity index is 2.62. The van der Waals surface area contributed by atoms with Gasteiger partial charge in [-0.15, -0.1) is 5.10 Å². The van der Waals surface area contributed by atoms with Gasteiger partial charge < -0.3 is 9.47 Å². The maximum absolute atomic E-state index is 11.4. The third-order valence-electron chi connectivity index (χ3n) is 1.44. The van der Waals surface area contributed by atoms with E-state index in [0.717, 1.165) is 0 Å². The molecule has 0 radical (unpaired) electrons. The number of methoxy groups -OCH3 is 1. The van der Waals surface area contributed by atoms with Crippen molar-refractivity contribution < 1.29 is 22.7 Å². The molecule has 0 atom stereocenters. The fraction of sp³-hybridized carbons (Fsp3) is 0.571. The van der Waals surface area contributed by atoms with Crippen molar-refractivity contribution in [2.45, 2.75) is 20.0 Å². The summed E-state index contributed by atoms with van der Waals surface area (Å²) in [5.74, 6) is -0.198. The molecule has 0 saturated heterocycles. The van der Waals surface area contributed by atoms with Gasteiger partial charge in [-0.3, -0.25) is 0 Å². The molecule has 0 unspecified atom stereocenters. The molecular weight excluding hydrogens is 266 g/mol. The highest BCUT2D eigenvalue weighted by atomic mass is 32.2. The van der Waals surface area contributed by atoms with E-state index >= 15 is 0 Å². The van der Waals surface area contributed by atoms with Gasteiger partial charge in [0.1, 0.15) is 0 Å². The van der Waals surface area contributed by atoms with Gasteiger partial charge in [-0.2, -0.15) is 13.4 Å². The molecule has 0 aromatic carbocycles. The molecule has 3 N–H and O–H groups in total. The topological polar surface area (TPSA) is 135 Å². The van der Waals surface area contributed by atoms with Gasteiger partial charge in [0.2, 0.25) is 5.95 Å². The molecule has 11 heteroatoms. The number of nitrogens with zero attached hydrogens (tertiary/aromatic N) is 2. The van der Waals surface area contributed by atoms with E-state index in [9.17, 15) is 13.2 Å². The molecule has 0 fully saturated rings. The number of aromatic amines is 1. The highest BCUT2D eigenvalue weighted by Gasteiger charge is 2.18. The van der Waals surface area contributed by atoms with Crippen LogP contribution in [0.3, 0.4) is 0 Å². The quantitative estimate of drug-likeness (QED) is 0.667. The van der Waals surface area contributed by atoms with Crippen molar-refractivity contribution >= 4 is 22.3 Å². The lowest BCUT2D eigenvalue weighted by atomic mass is 10.5. The van der Waals surface area contributed by atoms with E-state index in [-0.39, 0.29) is 12.0 Å². The lowest BCUT2D eigenvalue weighted by Crippen LogP contribution is -2.37. The van der Waals surface area contributed by atoms with E-state index in [0.29, 0.717) is 0 Å². The molecular formula is C7H13N5O5S. The lowest BCUT2D eigenvalue weighted by molar-refractivity contribution is 0.121. The maximum atomic E-state index is 11.4. The standard InChI is InChI=1S/C7H13N5O5S/c1-4(2)17-7(13)12-18(14,15)11-5-8-6(16-3)10-9-5/h4H,1-3H3,(H,12,13)(H2,8,9,10,11). The molecule has 0 aliphatic heterocycles. The third kappa shape index (κ3) is 4.45. The summed E-state index contributed by atoms with van der Waals surface area (Å²) < 4.78 is 35.7. The molecule has 1 aromatic heterocycles. The number of hydrogen-bond acceptors (Lipinski definition) is 7. The van der Waals surface area contributed by atoms with E-state index in [2.05, 4.69) is 24.7 Å². The minimum atomic E-state index is -4.14. The number of amides is 1. The SMILES string of the molecule is COc1n[nH]c(NS(=O)(=O)NC(=O)OC(C)C)n1. The molecule has 1 rings (SSSR count). The number of carbonyl (C=O) groups is 1. The average Bonchev–Trinajstić information content (AvgIpc) is 2.61. The highest BCUT2D eigenvalue weighted by Crippen LogP contribution is 2.05. The number of carbonyl (C=O) groups excluding carboxylic acids is 1. The molecule has 10 nitrogen and oxygen atoms in total. The molecule has 0 aliphatic rings. The van der Waals surface area contributed by atoms with Crippen LogP contribution < -0.4 is 14.2 Å². The van der Waals surface area contributed by atoms with Crippen molar-refractivity contribution in [2.75, 3.05) is 11.8 Å². The second-order valence-electron chi connectivity index (χ2n) is 3.33. The van der Waals surface area contributed by atoms with Crippen LogP contribution >= 0.6 is 0 Å². The first kappa shape index (κ1) is 14.0. The van der Waals surface area contributed by atoms with Crippen molar-refractivity contribution in [1.82, 2.24) is 19.9 Å². The number of ether oxygens (including phenoxy) is 2. The van der Waals surface area contributed by atoms with Gasteiger partial charge in [-0.25, -0.2) is 19.3 Å². The van der Waals surface area contributed by atoms with Crippen LogP contribution in [-0.2, 0) is 14.9 Å². The summed E-state index contributed by atoms with van der Waals surface area (Å²) in [7, 11) is -2.82. The Labute approximate surface area is 103 Å². The molecule has 0 aliphatic carbocycles. The van der Waals surface area contributed by atoms with Gasteiger partial charge in [0.05, 0.1) is 13.2 Å². The molecule has 18 heavy (non-hydrogen) atoms. The van der Waals surface area contributed by atoms with Crippen LogP contribution in [0, 0.1) is 0 Å². The normalized spacial score (nSPS) is 11.1. The average molecular weight is 279 g/mol. The minimum absolute atomic E-state index is 0.0440. The lowest BCUT2D eigenvalue weighted by Gasteiger charge is -2.09. The number of rotatable bonds is 5. The second kappa shape index (κ2) is 5.53. The predicted molar refractivity (Wildman–Crippen MR) is 60.2 cm³/mol. The monoisotopic (exact) mass is 279 g/mol. The second-order valence-corrected chi connectivity index (χ2v) is 4.75. The molecule has 1 aromatic rings. The van der Waals surface area contributed by atoms with Gasteiger partial charge in [0.15, 0.2) is 0 Å². The first-order chi connectivity index (χ1) is 8.32. The number of aromatic nitrogens is 3. The summed E-state index contributed by atoms with van der Waals surface area (Å²) in [5, 5.41) is 5.78. The van der Waals surface area contributed by atoms with Crippen molar-refractivity contribution in [3.05, 3.63) is 0 Å². The summed E-state index contributed by atoms with van der Waals surface area (Å²) in [6.45, 7) is 3.17. The van der Waals surface area contributed by atoms with Crippen LogP contribution in [-0.4, -0.2) is 42.9 Å². The first-order valence-electron chi connectivity index (χ1n) is 4.80. The van der Waals surface area contributed by atoms with Crippen molar-refractivity contribution in [1.29, 1.82) is 0 Å². The fourth-order valence-corrected chi connectivity index (χ4v) is 1.55. The summed E-state index contributed by atoms with van der Waals surface area (Å²) >= 11 is 0. The zero-order valence-corrected chi connectivity index (χ0v) is 10.7. The summed E-state index contributed by atoms with van der Waals surface area (Å²) in [6, 6.07) is -0.0440. The molecule has 0 saturated carbocycles. The van der Waals surface area contributed by atoms with Gasteiger partial charge in [-0.1, -0.05) is 0 Å². The van der Waals surface area contributed by atoms with E-state index in [1.165, 1.54) is 7.11 Å². The first-order valence-corrected chi connectivity index (χ1v) is 6.28. The molecule has 0 spiro atoms. The summed E-state index contributed by atoms with van der Waals surface area (Å²) in [5.41, 5.74) is 0. The van der Waals surface area contributed by atoms with Crippen LogP contribution in [0.15, 0.2) is 0 Å². The highest BCUT2D eigenvalue weighted by molar-refractivity contribution is 7.91. The molecule has 102 valence electrons. The van der Waals surface area contributed by atoms with Crippen LogP contribution in [0.1, 0.15) is 13.8 Å². The van der Waals surface area contributed by atoms with Gasteiger partial charge in [-0.05, 0) is 13.8 Å². The Morgan fingerprint density at radius 3 is 2.61 bits per heavy atom. The number of H-pyrrole nitrogens is 1. The van der Waals surface area contributed by atoms with E-state index in [4.69, 9.17) is 0 Å². The smallest absolute Gasteiger partial charge is 0.422 e. The van der Waals surface area contributed by atoms with Crippen molar-refractivity contribution in [2.24, 2.45) is 0 Å². The Hall–Kier alpha value is -2.04. The van der Waals surface area contributed by atoms with Crippen LogP contribution in [0.2, 0.25) is 0 Å².